The van der Waals surface area contributed by atoms with E-state index in [4.69, 9.17) is 9.47 Å². The molecule has 0 amide bonds. The number of anilines is 2. The maximum atomic E-state index is 12.8. The van der Waals surface area contributed by atoms with Gasteiger partial charge in [-0.05, 0) is 31.4 Å². The molecule has 11 heteroatoms. The third-order valence-corrected chi connectivity index (χ3v) is 6.34. The molecule has 4 rings (SSSR count). The van der Waals surface area contributed by atoms with Crippen LogP contribution in [0, 0.1) is 0 Å². The number of hydrogen-bond acceptors (Lipinski definition) is 9. The van der Waals surface area contributed by atoms with Gasteiger partial charge in [-0.15, -0.1) is 0 Å². The molecule has 162 valence electrons. The van der Waals surface area contributed by atoms with Gasteiger partial charge in [0.15, 0.2) is 17.3 Å². The fraction of sp³-hybridized carbons (Fsp3) is 0.526. The van der Waals surface area contributed by atoms with Crippen molar-refractivity contribution < 1.29 is 17.9 Å². The van der Waals surface area contributed by atoms with Gasteiger partial charge in [-0.2, -0.15) is 15.0 Å². The van der Waals surface area contributed by atoms with Crippen LogP contribution < -0.4 is 24.0 Å². The summed E-state index contributed by atoms with van der Waals surface area (Å²) in [5.41, 5.74) is 0. The van der Waals surface area contributed by atoms with E-state index < -0.39 is 10.0 Å². The minimum Gasteiger partial charge on any atom is -0.486 e. The van der Waals surface area contributed by atoms with E-state index in [0.29, 0.717) is 42.4 Å². The topological polar surface area (TPSA) is 110 Å². The predicted molar refractivity (Wildman–Crippen MR) is 112 cm³/mol. The number of hydrogen-bond donors (Lipinski definition) is 1. The van der Waals surface area contributed by atoms with E-state index in [0.717, 1.165) is 25.9 Å². The monoisotopic (exact) mass is 434 g/mol. The van der Waals surface area contributed by atoms with Gasteiger partial charge in [0, 0.05) is 33.3 Å². The average molecular weight is 435 g/mol. The smallest absolute Gasteiger partial charge is 0.241 e. The van der Waals surface area contributed by atoms with Crippen molar-refractivity contribution in [1.82, 2.24) is 19.7 Å². The van der Waals surface area contributed by atoms with Crippen molar-refractivity contribution >= 4 is 21.9 Å². The minimum absolute atomic E-state index is 0.0407. The molecule has 0 atom stereocenters. The van der Waals surface area contributed by atoms with E-state index in [9.17, 15) is 8.42 Å². The summed E-state index contributed by atoms with van der Waals surface area (Å²) in [6, 6.07) is 4.56. The zero-order valence-corrected chi connectivity index (χ0v) is 18.0. The lowest BCUT2D eigenvalue weighted by Crippen LogP contribution is -2.33. The predicted octanol–water partition coefficient (Wildman–Crippen LogP) is 1.18. The van der Waals surface area contributed by atoms with Gasteiger partial charge in [0.1, 0.15) is 13.2 Å². The zero-order valence-electron chi connectivity index (χ0n) is 17.2. The van der Waals surface area contributed by atoms with E-state index in [1.54, 1.807) is 11.0 Å². The Balaban J connectivity index is 1.54. The third kappa shape index (κ3) is 4.57. The Morgan fingerprint density at radius 1 is 1.03 bits per heavy atom. The van der Waals surface area contributed by atoms with Gasteiger partial charge in [0.2, 0.25) is 21.9 Å². The quantitative estimate of drug-likeness (QED) is 0.716. The number of nitrogens with zero attached hydrogens (tertiary/aromatic N) is 5. The molecule has 0 radical (unpaired) electrons. The molecule has 3 heterocycles. The molecule has 0 aliphatic carbocycles. The molecule has 1 aromatic heterocycles. The molecule has 1 fully saturated rings. The fourth-order valence-corrected chi connectivity index (χ4v) is 4.34. The molecular formula is C19H26N6O4S. The maximum Gasteiger partial charge on any atom is 0.241 e. The van der Waals surface area contributed by atoms with Gasteiger partial charge >= 0.3 is 0 Å². The molecule has 0 saturated carbocycles. The van der Waals surface area contributed by atoms with Gasteiger partial charge in [0.05, 0.1) is 11.4 Å². The number of aromatic nitrogens is 3. The summed E-state index contributed by atoms with van der Waals surface area (Å²) in [6.45, 7) is 2.57. The first-order valence-electron chi connectivity index (χ1n) is 9.99. The second-order valence-corrected chi connectivity index (χ2v) is 9.19. The first-order valence-corrected chi connectivity index (χ1v) is 11.5. The first-order chi connectivity index (χ1) is 14.4. The molecule has 2 aromatic rings. The van der Waals surface area contributed by atoms with Crippen molar-refractivity contribution in [1.29, 1.82) is 0 Å². The molecule has 1 N–H and O–H groups in total. The molecule has 0 spiro atoms. The van der Waals surface area contributed by atoms with Crippen LogP contribution in [0.4, 0.5) is 11.9 Å². The average Bonchev–Trinajstić information content (AvgIpc) is 2.78. The lowest BCUT2D eigenvalue weighted by atomic mass is 10.1. The Morgan fingerprint density at radius 2 is 1.77 bits per heavy atom. The number of piperidine rings is 1. The summed E-state index contributed by atoms with van der Waals surface area (Å²) >= 11 is 0. The van der Waals surface area contributed by atoms with Gasteiger partial charge in [-0.25, -0.2) is 13.1 Å². The van der Waals surface area contributed by atoms with Gasteiger partial charge < -0.3 is 19.3 Å². The SMILES string of the molecule is CN(C)c1nc(CNS(=O)(=O)c2ccc3c(c2)OCCO3)nc(N2CCCCC2)n1. The molecule has 1 aromatic carbocycles. The third-order valence-electron chi connectivity index (χ3n) is 4.94. The van der Waals surface area contributed by atoms with Crippen LogP contribution in [0.15, 0.2) is 23.1 Å². The Kier molecular flexibility index (Phi) is 5.91. The molecule has 0 bridgehead atoms. The Labute approximate surface area is 176 Å². The lowest BCUT2D eigenvalue weighted by molar-refractivity contribution is 0.171. The van der Waals surface area contributed by atoms with Gasteiger partial charge in [-0.3, -0.25) is 0 Å². The van der Waals surface area contributed by atoms with E-state index in [2.05, 4.69) is 24.6 Å². The second-order valence-electron chi connectivity index (χ2n) is 7.42. The van der Waals surface area contributed by atoms with Crippen LogP contribution in [-0.2, 0) is 16.6 Å². The summed E-state index contributed by atoms with van der Waals surface area (Å²) in [5.74, 6) is 2.42. The second kappa shape index (κ2) is 8.60. The molecule has 30 heavy (non-hydrogen) atoms. The standard InChI is InChI=1S/C19H26N6O4S/c1-24(2)18-21-17(22-19(23-18)25-8-4-3-5-9-25)13-20-30(26,27)14-6-7-15-16(12-14)29-11-10-28-15/h6-7,12,20H,3-5,8-11,13H2,1-2H3. The van der Waals surface area contributed by atoms with Crippen LogP contribution >= 0.6 is 0 Å². The highest BCUT2D eigenvalue weighted by Gasteiger charge is 2.21. The van der Waals surface area contributed by atoms with Crippen molar-refractivity contribution in [2.24, 2.45) is 0 Å². The summed E-state index contributed by atoms with van der Waals surface area (Å²) in [6.07, 6.45) is 3.38. The summed E-state index contributed by atoms with van der Waals surface area (Å²) in [4.78, 5) is 17.5. The minimum atomic E-state index is -3.78. The van der Waals surface area contributed by atoms with E-state index in [1.165, 1.54) is 18.6 Å². The summed E-state index contributed by atoms with van der Waals surface area (Å²) in [7, 11) is -0.0846. The van der Waals surface area contributed by atoms with Crippen LogP contribution in [0.25, 0.3) is 0 Å². The van der Waals surface area contributed by atoms with Crippen LogP contribution in [0.2, 0.25) is 0 Å². The van der Waals surface area contributed by atoms with Gasteiger partial charge in [0.25, 0.3) is 0 Å². The normalized spacial score (nSPS) is 16.4. The maximum absolute atomic E-state index is 12.8. The highest BCUT2D eigenvalue weighted by atomic mass is 32.2. The number of sulfonamides is 1. The molecule has 2 aliphatic heterocycles. The van der Waals surface area contributed by atoms with Crippen LogP contribution in [0.1, 0.15) is 25.1 Å². The van der Waals surface area contributed by atoms with Crippen LogP contribution in [-0.4, -0.2) is 63.8 Å². The zero-order chi connectivity index (χ0) is 21.1. The number of ether oxygens (including phenoxy) is 2. The number of fused-ring (bicyclic) bond motifs is 1. The highest BCUT2D eigenvalue weighted by molar-refractivity contribution is 7.89. The highest BCUT2D eigenvalue weighted by Crippen LogP contribution is 2.32. The van der Waals surface area contributed by atoms with Crippen molar-refractivity contribution in [3.63, 3.8) is 0 Å². The van der Waals surface area contributed by atoms with Crippen LogP contribution in [0.5, 0.6) is 11.5 Å². The lowest BCUT2D eigenvalue weighted by Gasteiger charge is -2.27. The number of nitrogens with one attached hydrogen (secondary N) is 1. The van der Waals surface area contributed by atoms with Crippen LogP contribution in [0.3, 0.4) is 0 Å². The van der Waals surface area contributed by atoms with E-state index in [1.807, 2.05) is 14.1 Å². The van der Waals surface area contributed by atoms with E-state index in [-0.39, 0.29) is 11.4 Å². The number of benzene rings is 1. The van der Waals surface area contributed by atoms with Crippen molar-refractivity contribution in [3.8, 4) is 11.5 Å². The van der Waals surface area contributed by atoms with E-state index >= 15 is 0 Å². The Bertz CT molecular complexity index is 1010. The number of rotatable bonds is 6. The molecule has 10 nitrogen and oxygen atoms in total. The largest absolute Gasteiger partial charge is 0.486 e. The first kappa shape index (κ1) is 20.6. The molecule has 0 unspecified atom stereocenters. The summed E-state index contributed by atoms with van der Waals surface area (Å²) < 4.78 is 39.1. The molecular weight excluding hydrogens is 408 g/mol. The Hall–Kier alpha value is -2.66. The Morgan fingerprint density at radius 3 is 2.50 bits per heavy atom. The van der Waals surface area contributed by atoms with Gasteiger partial charge in [-0.1, -0.05) is 0 Å². The van der Waals surface area contributed by atoms with Crippen molar-refractivity contribution in [3.05, 3.63) is 24.0 Å². The van der Waals surface area contributed by atoms with Crippen molar-refractivity contribution in [2.45, 2.75) is 30.7 Å². The fourth-order valence-electron chi connectivity index (χ4n) is 3.34. The summed E-state index contributed by atoms with van der Waals surface area (Å²) in [5, 5.41) is 0. The molecule has 1 saturated heterocycles. The molecule has 2 aliphatic rings. The van der Waals surface area contributed by atoms with Crippen molar-refractivity contribution in [2.75, 3.05) is 50.2 Å².